The second-order valence-corrected chi connectivity index (χ2v) is 7.62. The van der Waals surface area contributed by atoms with Crippen molar-refractivity contribution < 1.29 is 9.59 Å². The van der Waals surface area contributed by atoms with Gasteiger partial charge < -0.3 is 10.2 Å². The number of hydrogen-bond donors (Lipinski definition) is 1. The predicted octanol–water partition coefficient (Wildman–Crippen LogP) is 4.51. The molecule has 1 saturated heterocycles. The van der Waals surface area contributed by atoms with Gasteiger partial charge in [0.25, 0.3) is 0 Å². The van der Waals surface area contributed by atoms with Crippen molar-refractivity contribution in [1.29, 1.82) is 0 Å². The number of amides is 2. The second kappa shape index (κ2) is 7.07. The van der Waals surface area contributed by atoms with Crippen molar-refractivity contribution >= 4 is 55.0 Å². The van der Waals surface area contributed by atoms with E-state index in [9.17, 15) is 9.59 Å². The highest BCUT2D eigenvalue weighted by Gasteiger charge is 2.35. The van der Waals surface area contributed by atoms with Gasteiger partial charge in [-0.3, -0.25) is 9.59 Å². The van der Waals surface area contributed by atoms with Crippen LogP contribution in [0.4, 0.5) is 11.4 Å². The molecular weight excluding hydrogens is 436 g/mol. The van der Waals surface area contributed by atoms with Crippen LogP contribution in [0, 0.1) is 12.8 Å². The number of carbonyl (C=O) groups is 2. The van der Waals surface area contributed by atoms with Crippen LogP contribution in [0.1, 0.15) is 12.0 Å². The number of carbonyl (C=O) groups excluding carboxylic acids is 2. The molecule has 3 rings (SSSR count). The molecular formula is C18H16Br2N2O2. The molecule has 24 heavy (non-hydrogen) atoms. The van der Waals surface area contributed by atoms with E-state index in [0.29, 0.717) is 12.2 Å². The molecule has 0 bridgehead atoms. The molecule has 1 unspecified atom stereocenters. The summed E-state index contributed by atoms with van der Waals surface area (Å²) < 4.78 is 1.72. The lowest BCUT2D eigenvalue weighted by Crippen LogP contribution is -2.28. The number of nitrogens with zero attached hydrogens (tertiary/aromatic N) is 1. The van der Waals surface area contributed by atoms with E-state index in [2.05, 4.69) is 37.2 Å². The summed E-state index contributed by atoms with van der Waals surface area (Å²) in [4.78, 5) is 26.5. The lowest BCUT2D eigenvalue weighted by atomic mass is 10.1. The maximum atomic E-state index is 12.5. The minimum atomic E-state index is -0.352. The average Bonchev–Trinajstić information content (AvgIpc) is 2.93. The molecule has 6 heteroatoms. The molecule has 0 spiro atoms. The van der Waals surface area contributed by atoms with Gasteiger partial charge in [0.05, 0.1) is 11.6 Å². The monoisotopic (exact) mass is 450 g/mol. The lowest BCUT2D eigenvalue weighted by molar-refractivity contribution is -0.122. The fraction of sp³-hybridized carbons (Fsp3) is 0.222. The normalized spacial score (nSPS) is 17.2. The molecule has 1 aliphatic rings. The largest absolute Gasteiger partial charge is 0.325 e. The van der Waals surface area contributed by atoms with Gasteiger partial charge in [-0.05, 0) is 53.2 Å². The molecule has 2 aromatic rings. The molecule has 1 heterocycles. The highest BCUT2D eigenvalue weighted by Crippen LogP contribution is 2.29. The van der Waals surface area contributed by atoms with Gasteiger partial charge in [-0.25, -0.2) is 0 Å². The van der Waals surface area contributed by atoms with Crippen molar-refractivity contribution in [3.63, 3.8) is 0 Å². The van der Waals surface area contributed by atoms with Crippen LogP contribution in [-0.2, 0) is 9.59 Å². The summed E-state index contributed by atoms with van der Waals surface area (Å²) in [6.45, 7) is 2.41. The maximum absolute atomic E-state index is 12.5. The van der Waals surface area contributed by atoms with Gasteiger partial charge in [-0.15, -0.1) is 0 Å². The number of hydrogen-bond acceptors (Lipinski definition) is 2. The van der Waals surface area contributed by atoms with E-state index in [1.165, 1.54) is 0 Å². The fourth-order valence-electron chi connectivity index (χ4n) is 2.68. The molecule has 1 fully saturated rings. The van der Waals surface area contributed by atoms with Crippen molar-refractivity contribution in [2.75, 3.05) is 16.8 Å². The molecule has 1 atom stereocenters. The van der Waals surface area contributed by atoms with Gasteiger partial charge in [0.1, 0.15) is 0 Å². The topological polar surface area (TPSA) is 49.4 Å². The fourth-order valence-corrected chi connectivity index (χ4v) is 3.83. The molecule has 2 aromatic carbocycles. The van der Waals surface area contributed by atoms with Crippen LogP contribution in [0.3, 0.4) is 0 Å². The Morgan fingerprint density at radius 2 is 1.88 bits per heavy atom. The van der Waals surface area contributed by atoms with E-state index in [1.54, 1.807) is 4.90 Å². The van der Waals surface area contributed by atoms with E-state index in [1.807, 2.05) is 49.4 Å². The van der Waals surface area contributed by atoms with Crippen LogP contribution >= 0.6 is 31.9 Å². The summed E-state index contributed by atoms with van der Waals surface area (Å²) in [6, 6.07) is 13.3. The van der Waals surface area contributed by atoms with Crippen LogP contribution < -0.4 is 10.2 Å². The third-order valence-electron chi connectivity index (χ3n) is 4.03. The minimum absolute atomic E-state index is 0.0196. The molecule has 2 amide bonds. The molecule has 1 N–H and O–H groups in total. The zero-order chi connectivity index (χ0) is 17.3. The summed E-state index contributed by atoms with van der Waals surface area (Å²) >= 11 is 6.81. The highest BCUT2D eigenvalue weighted by molar-refractivity contribution is 9.11. The zero-order valence-corrected chi connectivity index (χ0v) is 16.2. The SMILES string of the molecule is Cc1ccc(N2CC(C(=O)Nc3ccc(Br)cc3Br)CC2=O)cc1. The smallest absolute Gasteiger partial charge is 0.229 e. The van der Waals surface area contributed by atoms with Crippen molar-refractivity contribution in [3.8, 4) is 0 Å². The van der Waals surface area contributed by atoms with Crippen molar-refractivity contribution in [2.45, 2.75) is 13.3 Å². The highest BCUT2D eigenvalue weighted by atomic mass is 79.9. The van der Waals surface area contributed by atoms with E-state index >= 15 is 0 Å². The first kappa shape index (κ1) is 17.2. The molecule has 1 aliphatic heterocycles. The minimum Gasteiger partial charge on any atom is -0.325 e. The summed E-state index contributed by atoms with van der Waals surface area (Å²) in [5.74, 6) is -0.510. The lowest BCUT2D eigenvalue weighted by Gasteiger charge is -2.17. The zero-order valence-electron chi connectivity index (χ0n) is 13.1. The van der Waals surface area contributed by atoms with Crippen LogP contribution in [0.25, 0.3) is 0 Å². The number of aryl methyl sites for hydroxylation is 1. The van der Waals surface area contributed by atoms with Crippen LogP contribution in [0.5, 0.6) is 0 Å². The van der Waals surface area contributed by atoms with Crippen LogP contribution in [-0.4, -0.2) is 18.4 Å². The summed E-state index contributed by atoms with van der Waals surface area (Å²) in [5.41, 5.74) is 2.68. The number of rotatable bonds is 3. The average molecular weight is 452 g/mol. The standard InChI is InChI=1S/C18H16Br2N2O2/c1-11-2-5-14(6-3-11)22-10-12(8-17(22)23)18(24)21-16-7-4-13(19)9-15(16)20/h2-7,9,12H,8,10H2,1H3,(H,21,24). The van der Waals surface area contributed by atoms with Crippen molar-refractivity contribution in [2.24, 2.45) is 5.92 Å². The Bertz CT molecular complexity index is 790. The Labute approximate surface area is 157 Å². The molecule has 124 valence electrons. The number of anilines is 2. The first-order valence-corrected chi connectivity index (χ1v) is 9.15. The van der Waals surface area contributed by atoms with Crippen molar-refractivity contribution in [3.05, 3.63) is 57.0 Å². The first-order chi connectivity index (χ1) is 11.4. The maximum Gasteiger partial charge on any atom is 0.229 e. The Kier molecular flexibility index (Phi) is 5.06. The molecule has 0 radical (unpaired) electrons. The third kappa shape index (κ3) is 3.70. The molecule has 0 saturated carbocycles. The second-order valence-electron chi connectivity index (χ2n) is 5.85. The van der Waals surface area contributed by atoms with Crippen molar-refractivity contribution in [1.82, 2.24) is 0 Å². The van der Waals surface area contributed by atoms with E-state index < -0.39 is 0 Å². The van der Waals surface area contributed by atoms with Gasteiger partial charge in [-0.1, -0.05) is 33.6 Å². The summed E-state index contributed by atoms with van der Waals surface area (Å²) in [7, 11) is 0. The summed E-state index contributed by atoms with van der Waals surface area (Å²) in [6.07, 6.45) is 0.230. The van der Waals surface area contributed by atoms with Gasteiger partial charge in [0.15, 0.2) is 0 Å². The number of nitrogens with one attached hydrogen (secondary N) is 1. The van der Waals surface area contributed by atoms with E-state index in [0.717, 1.165) is 20.2 Å². The summed E-state index contributed by atoms with van der Waals surface area (Å²) in [5, 5.41) is 2.90. The van der Waals surface area contributed by atoms with Gasteiger partial charge >= 0.3 is 0 Å². The van der Waals surface area contributed by atoms with E-state index in [-0.39, 0.29) is 24.2 Å². The number of halogens is 2. The van der Waals surface area contributed by atoms with Crippen LogP contribution in [0.15, 0.2) is 51.4 Å². The van der Waals surface area contributed by atoms with E-state index in [4.69, 9.17) is 0 Å². The van der Waals surface area contributed by atoms with Gasteiger partial charge in [0, 0.05) is 27.6 Å². The number of benzene rings is 2. The van der Waals surface area contributed by atoms with Gasteiger partial charge in [0.2, 0.25) is 11.8 Å². The van der Waals surface area contributed by atoms with Crippen LogP contribution in [0.2, 0.25) is 0 Å². The first-order valence-electron chi connectivity index (χ1n) is 7.57. The Morgan fingerprint density at radius 1 is 1.17 bits per heavy atom. The third-order valence-corrected chi connectivity index (χ3v) is 5.18. The Hall–Kier alpha value is -1.66. The predicted molar refractivity (Wildman–Crippen MR) is 102 cm³/mol. The molecule has 0 aromatic heterocycles. The Balaban J connectivity index is 1.70. The molecule has 0 aliphatic carbocycles. The Morgan fingerprint density at radius 3 is 2.54 bits per heavy atom. The quantitative estimate of drug-likeness (QED) is 0.746. The van der Waals surface area contributed by atoms with Gasteiger partial charge in [-0.2, -0.15) is 0 Å². The molecule has 4 nitrogen and oxygen atoms in total.